The fourth-order valence-corrected chi connectivity index (χ4v) is 8.27. The zero-order valence-corrected chi connectivity index (χ0v) is 18.6. The number of rotatable bonds is 1. The molecule has 0 aromatic rings. The van der Waals surface area contributed by atoms with Gasteiger partial charge in [-0.1, -0.05) is 39.8 Å². The van der Waals surface area contributed by atoms with Gasteiger partial charge in [-0.2, -0.15) is 0 Å². The molecular formula is C25H40O3. The molecule has 0 N–H and O–H groups in total. The molecule has 1 spiro atoms. The van der Waals surface area contributed by atoms with Crippen LogP contribution < -0.4 is 0 Å². The molecule has 1 aliphatic heterocycles. The zero-order valence-electron chi connectivity index (χ0n) is 18.6. The fourth-order valence-electron chi connectivity index (χ4n) is 8.27. The molecule has 7 atom stereocenters. The highest BCUT2D eigenvalue weighted by Gasteiger charge is 2.69. The number of hydrogen-bond donors (Lipinski definition) is 0. The van der Waals surface area contributed by atoms with Crippen molar-refractivity contribution in [3.63, 3.8) is 0 Å². The Balaban J connectivity index is 1.50. The van der Waals surface area contributed by atoms with Crippen molar-refractivity contribution in [1.82, 2.24) is 0 Å². The third kappa shape index (κ3) is 2.51. The SMILES string of the molecule is COC1CC2(C)C(CCC23OCC(C)(C)CO3)C2CCC3C=CCCC3(C)C12. The molecule has 3 heteroatoms. The van der Waals surface area contributed by atoms with Crippen LogP contribution in [0.25, 0.3) is 0 Å². The monoisotopic (exact) mass is 388 g/mol. The average molecular weight is 389 g/mol. The van der Waals surface area contributed by atoms with E-state index in [1.807, 2.05) is 7.11 Å². The van der Waals surface area contributed by atoms with Gasteiger partial charge in [-0.3, -0.25) is 0 Å². The maximum atomic E-state index is 6.63. The Morgan fingerprint density at radius 3 is 2.43 bits per heavy atom. The van der Waals surface area contributed by atoms with E-state index in [2.05, 4.69) is 39.8 Å². The second-order valence-corrected chi connectivity index (χ2v) is 11.9. The number of fused-ring (bicyclic) bond motifs is 6. The average Bonchev–Trinajstić information content (AvgIpc) is 2.95. The van der Waals surface area contributed by atoms with Gasteiger partial charge in [-0.15, -0.1) is 0 Å². The molecular weight excluding hydrogens is 348 g/mol. The summed E-state index contributed by atoms with van der Waals surface area (Å²) in [7, 11) is 1.95. The van der Waals surface area contributed by atoms with Crippen molar-refractivity contribution in [2.75, 3.05) is 20.3 Å². The Hall–Kier alpha value is -0.380. The van der Waals surface area contributed by atoms with Gasteiger partial charge >= 0.3 is 0 Å². The predicted octanol–water partition coefficient (Wildman–Crippen LogP) is 5.59. The first kappa shape index (κ1) is 19.6. The molecule has 1 heterocycles. The third-order valence-corrected chi connectivity index (χ3v) is 9.81. The van der Waals surface area contributed by atoms with Crippen LogP contribution in [0.3, 0.4) is 0 Å². The summed E-state index contributed by atoms with van der Waals surface area (Å²) in [5, 5.41) is 0. The smallest absolute Gasteiger partial charge is 0.173 e. The topological polar surface area (TPSA) is 27.7 Å². The summed E-state index contributed by atoms with van der Waals surface area (Å²) in [4.78, 5) is 0. The quantitative estimate of drug-likeness (QED) is 0.548. The molecule has 0 bridgehead atoms. The van der Waals surface area contributed by atoms with E-state index in [1.54, 1.807) is 0 Å². The van der Waals surface area contributed by atoms with Crippen LogP contribution >= 0.6 is 0 Å². The Labute approximate surface area is 171 Å². The van der Waals surface area contributed by atoms with Gasteiger partial charge in [0.25, 0.3) is 0 Å². The van der Waals surface area contributed by atoms with Gasteiger partial charge in [0, 0.05) is 24.4 Å². The lowest BCUT2D eigenvalue weighted by Gasteiger charge is -2.63. The minimum Gasteiger partial charge on any atom is -0.381 e. The van der Waals surface area contributed by atoms with Crippen LogP contribution in [-0.4, -0.2) is 32.2 Å². The van der Waals surface area contributed by atoms with E-state index in [1.165, 1.54) is 32.1 Å². The summed E-state index contributed by atoms with van der Waals surface area (Å²) < 4.78 is 19.5. The molecule has 4 fully saturated rings. The van der Waals surface area contributed by atoms with E-state index in [9.17, 15) is 0 Å². The van der Waals surface area contributed by atoms with Crippen LogP contribution in [0.4, 0.5) is 0 Å². The third-order valence-electron chi connectivity index (χ3n) is 9.81. The molecule has 158 valence electrons. The highest BCUT2D eigenvalue weighted by atomic mass is 16.7. The highest BCUT2D eigenvalue weighted by molar-refractivity contribution is 5.17. The molecule has 3 nitrogen and oxygen atoms in total. The first-order valence-corrected chi connectivity index (χ1v) is 11.7. The standard InChI is InChI=1S/C25H40O3/c1-22(2)15-27-25(28-16-22)13-11-19-18-10-9-17-8-6-7-12-23(17,3)21(18)20(26-5)14-24(19,25)4/h6,8,17-21H,7,9-16H2,1-5H3. The van der Waals surface area contributed by atoms with Crippen LogP contribution in [0, 0.1) is 39.9 Å². The van der Waals surface area contributed by atoms with E-state index < -0.39 is 0 Å². The lowest BCUT2D eigenvalue weighted by Crippen LogP contribution is -2.63. The summed E-state index contributed by atoms with van der Waals surface area (Å²) >= 11 is 0. The van der Waals surface area contributed by atoms with Crippen LogP contribution in [0.2, 0.25) is 0 Å². The van der Waals surface area contributed by atoms with Crippen molar-refractivity contribution < 1.29 is 14.2 Å². The number of methoxy groups -OCH3 is 1. The zero-order chi connectivity index (χ0) is 19.8. The molecule has 3 saturated carbocycles. The summed E-state index contributed by atoms with van der Waals surface area (Å²) in [5.74, 6) is 2.48. The van der Waals surface area contributed by atoms with Crippen LogP contribution in [-0.2, 0) is 14.2 Å². The highest BCUT2D eigenvalue weighted by Crippen LogP contribution is 2.69. The summed E-state index contributed by atoms with van der Waals surface area (Å²) in [6.45, 7) is 11.2. The van der Waals surface area contributed by atoms with Crippen molar-refractivity contribution >= 4 is 0 Å². The van der Waals surface area contributed by atoms with Crippen molar-refractivity contribution in [2.45, 2.75) is 84.5 Å². The molecule has 0 aromatic heterocycles. The molecule has 0 aromatic carbocycles. The summed E-state index contributed by atoms with van der Waals surface area (Å²) in [6, 6.07) is 0. The Morgan fingerprint density at radius 2 is 1.71 bits per heavy atom. The number of ether oxygens (including phenoxy) is 3. The molecule has 4 aliphatic carbocycles. The summed E-state index contributed by atoms with van der Waals surface area (Å²) in [6.07, 6.45) is 13.9. The van der Waals surface area contributed by atoms with Crippen LogP contribution in [0.5, 0.6) is 0 Å². The largest absolute Gasteiger partial charge is 0.381 e. The molecule has 7 unspecified atom stereocenters. The Morgan fingerprint density at radius 1 is 0.964 bits per heavy atom. The van der Waals surface area contributed by atoms with Gasteiger partial charge in [0.2, 0.25) is 0 Å². The van der Waals surface area contributed by atoms with Crippen molar-refractivity contribution in [3.05, 3.63) is 12.2 Å². The molecule has 0 radical (unpaired) electrons. The maximum absolute atomic E-state index is 6.63. The molecule has 28 heavy (non-hydrogen) atoms. The van der Waals surface area contributed by atoms with Crippen molar-refractivity contribution in [2.24, 2.45) is 39.9 Å². The van der Waals surface area contributed by atoms with E-state index in [-0.39, 0.29) is 16.6 Å². The van der Waals surface area contributed by atoms with Gasteiger partial charge in [0.1, 0.15) is 0 Å². The molecule has 5 aliphatic rings. The van der Waals surface area contributed by atoms with Crippen LogP contribution in [0.15, 0.2) is 12.2 Å². The maximum Gasteiger partial charge on any atom is 0.173 e. The minimum absolute atomic E-state index is 0.0685. The second kappa shape index (κ2) is 6.31. The van der Waals surface area contributed by atoms with Gasteiger partial charge < -0.3 is 14.2 Å². The van der Waals surface area contributed by atoms with E-state index in [4.69, 9.17) is 14.2 Å². The van der Waals surface area contributed by atoms with Crippen molar-refractivity contribution in [3.8, 4) is 0 Å². The molecule has 5 rings (SSSR count). The number of allylic oxidation sites excluding steroid dienone is 2. The Bertz CT molecular complexity index is 644. The van der Waals surface area contributed by atoms with E-state index in [0.717, 1.165) is 37.9 Å². The summed E-state index contributed by atoms with van der Waals surface area (Å²) in [5.41, 5.74) is 0.586. The minimum atomic E-state index is -0.390. The molecule has 1 saturated heterocycles. The van der Waals surface area contributed by atoms with E-state index in [0.29, 0.717) is 23.4 Å². The van der Waals surface area contributed by atoms with Gasteiger partial charge in [0.05, 0.1) is 19.3 Å². The normalized spacial score (nSPS) is 51.4. The lowest BCUT2D eigenvalue weighted by atomic mass is 9.45. The second-order valence-electron chi connectivity index (χ2n) is 11.9. The number of hydrogen-bond acceptors (Lipinski definition) is 3. The van der Waals surface area contributed by atoms with Gasteiger partial charge in [-0.05, 0) is 67.6 Å². The Kier molecular flexibility index (Phi) is 4.41. The first-order valence-electron chi connectivity index (χ1n) is 11.7. The first-order chi connectivity index (χ1) is 13.2. The lowest BCUT2D eigenvalue weighted by molar-refractivity contribution is -0.353. The van der Waals surface area contributed by atoms with Gasteiger partial charge in [0.15, 0.2) is 5.79 Å². The molecule has 0 amide bonds. The van der Waals surface area contributed by atoms with E-state index >= 15 is 0 Å². The van der Waals surface area contributed by atoms with Gasteiger partial charge in [-0.25, -0.2) is 0 Å². The van der Waals surface area contributed by atoms with Crippen LogP contribution in [0.1, 0.15) is 72.6 Å². The fraction of sp³-hybridized carbons (Fsp3) is 0.920. The predicted molar refractivity (Wildman–Crippen MR) is 111 cm³/mol. The van der Waals surface area contributed by atoms with Crippen molar-refractivity contribution in [1.29, 1.82) is 0 Å².